The van der Waals surface area contributed by atoms with E-state index in [1.54, 1.807) is 0 Å². The lowest BCUT2D eigenvalue weighted by atomic mass is 9.84. The van der Waals surface area contributed by atoms with E-state index in [-0.39, 0.29) is 0 Å². The zero-order valence-electron chi connectivity index (χ0n) is 13.7. The lowest BCUT2D eigenvalue weighted by molar-refractivity contribution is 0.0904. The van der Waals surface area contributed by atoms with Gasteiger partial charge in [-0.2, -0.15) is 0 Å². The van der Waals surface area contributed by atoms with E-state index in [4.69, 9.17) is 4.74 Å². The first-order valence-corrected chi connectivity index (χ1v) is 9.05. The van der Waals surface area contributed by atoms with Crippen LogP contribution in [0.4, 0.5) is 0 Å². The Morgan fingerprint density at radius 1 is 1.14 bits per heavy atom. The summed E-state index contributed by atoms with van der Waals surface area (Å²) in [5.74, 6) is 2.19. The first-order chi connectivity index (χ1) is 10.8. The van der Waals surface area contributed by atoms with Crippen LogP contribution in [0.1, 0.15) is 56.3 Å². The molecule has 0 radical (unpaired) electrons. The fraction of sp³-hybridized carbons (Fsp3) is 0.882. The molecule has 3 aliphatic rings. The number of hydrogen-bond acceptors (Lipinski definition) is 4. The number of aromatic nitrogens is 3. The summed E-state index contributed by atoms with van der Waals surface area (Å²) in [6.45, 7) is 8.07. The van der Waals surface area contributed by atoms with E-state index in [1.807, 2.05) is 0 Å². The lowest BCUT2D eigenvalue weighted by Crippen LogP contribution is -2.40. The van der Waals surface area contributed by atoms with Gasteiger partial charge in [-0.1, -0.05) is 11.6 Å². The molecular formula is C17H28N4O. The van der Waals surface area contributed by atoms with Gasteiger partial charge >= 0.3 is 0 Å². The zero-order chi connectivity index (χ0) is 14.9. The summed E-state index contributed by atoms with van der Waals surface area (Å²) in [6, 6.07) is 0. The summed E-state index contributed by atoms with van der Waals surface area (Å²) in [5, 5.41) is 8.98. The van der Waals surface area contributed by atoms with E-state index >= 15 is 0 Å². The van der Waals surface area contributed by atoms with Gasteiger partial charge in [0.2, 0.25) is 0 Å². The highest BCUT2D eigenvalue weighted by molar-refractivity contribution is 5.20. The van der Waals surface area contributed by atoms with Gasteiger partial charge in [-0.3, -0.25) is 4.90 Å². The number of nitrogens with zero attached hydrogens (tertiary/aromatic N) is 4. The first-order valence-electron chi connectivity index (χ1n) is 9.05. The van der Waals surface area contributed by atoms with E-state index in [0.29, 0.717) is 5.92 Å². The molecule has 1 unspecified atom stereocenters. The second kappa shape index (κ2) is 6.28. The van der Waals surface area contributed by atoms with E-state index in [9.17, 15) is 0 Å². The number of rotatable bonds is 7. The van der Waals surface area contributed by atoms with Crippen molar-refractivity contribution in [2.24, 2.45) is 11.8 Å². The van der Waals surface area contributed by atoms with Crippen molar-refractivity contribution in [2.45, 2.75) is 58.0 Å². The van der Waals surface area contributed by atoms with Crippen LogP contribution in [-0.4, -0.2) is 46.2 Å². The van der Waals surface area contributed by atoms with Gasteiger partial charge < -0.3 is 4.74 Å². The normalized spacial score (nSPS) is 26.0. The molecule has 1 atom stereocenters. The molecule has 5 nitrogen and oxygen atoms in total. The largest absolute Gasteiger partial charge is 0.381 e. The third kappa shape index (κ3) is 3.06. The summed E-state index contributed by atoms with van der Waals surface area (Å²) >= 11 is 0. The van der Waals surface area contributed by atoms with Crippen molar-refractivity contribution in [3.05, 3.63) is 11.4 Å². The maximum absolute atomic E-state index is 5.77. The summed E-state index contributed by atoms with van der Waals surface area (Å²) in [7, 11) is 0. The van der Waals surface area contributed by atoms with Crippen LogP contribution in [-0.2, 0) is 17.8 Å². The molecule has 2 heterocycles. The third-order valence-electron chi connectivity index (χ3n) is 5.48. The second-order valence-electron chi connectivity index (χ2n) is 7.39. The average Bonchev–Trinajstić information content (AvgIpc) is 3.20. The Morgan fingerprint density at radius 3 is 2.64 bits per heavy atom. The van der Waals surface area contributed by atoms with E-state index < -0.39 is 0 Å². The third-order valence-corrected chi connectivity index (χ3v) is 5.48. The highest BCUT2D eigenvalue weighted by Gasteiger charge is 2.34. The second-order valence-corrected chi connectivity index (χ2v) is 7.39. The molecule has 0 aromatic carbocycles. The topological polar surface area (TPSA) is 43.2 Å². The van der Waals surface area contributed by atoms with Crippen LogP contribution >= 0.6 is 0 Å². The van der Waals surface area contributed by atoms with Crippen molar-refractivity contribution in [2.75, 3.05) is 26.3 Å². The number of ether oxygens (including phenoxy) is 1. The maximum Gasteiger partial charge on any atom is 0.100 e. The standard InChI is InChI=1S/C17H28N4O/c1-2-22-12-15-10-20(8-13-4-3-5-13)11-16-17(15)21(19-18-16)9-14-6-7-14/h13-15H,2-12H2,1H3. The molecule has 1 aromatic heterocycles. The Bertz CT molecular complexity index is 507. The van der Waals surface area contributed by atoms with Gasteiger partial charge in [0, 0.05) is 38.7 Å². The molecule has 0 spiro atoms. The van der Waals surface area contributed by atoms with Crippen LogP contribution in [0.3, 0.4) is 0 Å². The molecule has 0 bridgehead atoms. The molecule has 22 heavy (non-hydrogen) atoms. The molecule has 2 saturated carbocycles. The molecule has 2 aliphatic carbocycles. The minimum Gasteiger partial charge on any atom is -0.381 e. The fourth-order valence-corrected chi connectivity index (χ4v) is 3.84. The first kappa shape index (κ1) is 14.6. The predicted octanol–water partition coefficient (Wildman–Crippen LogP) is 2.42. The molecule has 1 aromatic rings. The van der Waals surface area contributed by atoms with Crippen LogP contribution in [0.15, 0.2) is 0 Å². The molecule has 4 rings (SSSR count). The van der Waals surface area contributed by atoms with Gasteiger partial charge in [0.05, 0.1) is 12.3 Å². The Kier molecular flexibility index (Phi) is 4.18. The Hall–Kier alpha value is -0.940. The van der Waals surface area contributed by atoms with Crippen molar-refractivity contribution >= 4 is 0 Å². The zero-order valence-corrected chi connectivity index (χ0v) is 13.7. The summed E-state index contributed by atoms with van der Waals surface area (Å²) in [4.78, 5) is 2.59. The molecule has 2 fully saturated rings. The van der Waals surface area contributed by atoms with Crippen molar-refractivity contribution in [1.29, 1.82) is 0 Å². The Labute approximate surface area is 133 Å². The summed E-state index contributed by atoms with van der Waals surface area (Å²) in [6.07, 6.45) is 6.96. The molecule has 0 N–H and O–H groups in total. The highest BCUT2D eigenvalue weighted by Crippen LogP contribution is 2.35. The van der Waals surface area contributed by atoms with E-state index in [1.165, 1.54) is 50.0 Å². The van der Waals surface area contributed by atoms with Gasteiger partial charge in [0.1, 0.15) is 5.69 Å². The van der Waals surface area contributed by atoms with Gasteiger partial charge in [0.25, 0.3) is 0 Å². The Morgan fingerprint density at radius 2 is 1.95 bits per heavy atom. The average molecular weight is 304 g/mol. The molecule has 5 heteroatoms. The smallest absolute Gasteiger partial charge is 0.100 e. The Balaban J connectivity index is 1.50. The van der Waals surface area contributed by atoms with Crippen molar-refractivity contribution in [3.63, 3.8) is 0 Å². The minimum absolute atomic E-state index is 0.442. The quantitative estimate of drug-likeness (QED) is 0.776. The number of hydrogen-bond donors (Lipinski definition) is 0. The number of fused-ring (bicyclic) bond motifs is 1. The monoisotopic (exact) mass is 304 g/mol. The molecule has 0 amide bonds. The van der Waals surface area contributed by atoms with Crippen LogP contribution in [0.25, 0.3) is 0 Å². The van der Waals surface area contributed by atoms with Crippen LogP contribution in [0.5, 0.6) is 0 Å². The van der Waals surface area contributed by atoms with E-state index in [2.05, 4.69) is 26.8 Å². The predicted molar refractivity (Wildman–Crippen MR) is 84.6 cm³/mol. The van der Waals surface area contributed by atoms with Gasteiger partial charge in [-0.05, 0) is 44.4 Å². The fourth-order valence-electron chi connectivity index (χ4n) is 3.84. The lowest BCUT2D eigenvalue weighted by Gasteiger charge is -2.37. The maximum atomic E-state index is 5.77. The van der Waals surface area contributed by atoms with Crippen LogP contribution in [0.2, 0.25) is 0 Å². The highest BCUT2D eigenvalue weighted by atomic mass is 16.5. The molecule has 122 valence electrons. The molecular weight excluding hydrogens is 276 g/mol. The van der Waals surface area contributed by atoms with Crippen LogP contribution < -0.4 is 0 Å². The van der Waals surface area contributed by atoms with E-state index in [0.717, 1.165) is 44.7 Å². The molecule has 1 aliphatic heterocycles. The van der Waals surface area contributed by atoms with Crippen LogP contribution in [0, 0.1) is 11.8 Å². The van der Waals surface area contributed by atoms with Gasteiger partial charge in [-0.15, -0.1) is 5.10 Å². The SMILES string of the molecule is CCOCC1CN(CC2CCC2)Cc2nnn(CC3CC3)c21. The molecule has 0 saturated heterocycles. The summed E-state index contributed by atoms with van der Waals surface area (Å²) < 4.78 is 7.96. The summed E-state index contributed by atoms with van der Waals surface area (Å²) in [5.41, 5.74) is 2.57. The minimum atomic E-state index is 0.442. The van der Waals surface area contributed by atoms with Crippen molar-refractivity contribution in [1.82, 2.24) is 19.9 Å². The van der Waals surface area contributed by atoms with Gasteiger partial charge in [-0.25, -0.2) is 4.68 Å². The van der Waals surface area contributed by atoms with Crippen molar-refractivity contribution < 1.29 is 4.74 Å². The van der Waals surface area contributed by atoms with Gasteiger partial charge in [0.15, 0.2) is 0 Å². The van der Waals surface area contributed by atoms with Crippen molar-refractivity contribution in [3.8, 4) is 0 Å².